The summed E-state index contributed by atoms with van der Waals surface area (Å²) in [5.74, 6) is -1.46. The van der Waals surface area contributed by atoms with Gasteiger partial charge in [0.05, 0.1) is 0 Å². The van der Waals surface area contributed by atoms with Crippen LogP contribution in [0.15, 0.2) is 30.3 Å². The summed E-state index contributed by atoms with van der Waals surface area (Å²) in [6.45, 7) is 0. The highest BCUT2D eigenvalue weighted by Gasteiger charge is 2.31. The average Bonchev–Trinajstić information content (AvgIpc) is 2.27. The molecule has 1 aromatic rings. The number of carboxylic acids is 1. The molecule has 0 heterocycles. The van der Waals surface area contributed by atoms with Gasteiger partial charge in [0.2, 0.25) is 0 Å². The minimum Gasteiger partial charge on any atom is -0.811 e. The predicted octanol–water partition coefficient (Wildman–Crippen LogP) is -2.74. The molecule has 1 rings (SSSR count). The lowest BCUT2D eigenvalue weighted by Gasteiger charge is -2.34. The van der Waals surface area contributed by atoms with E-state index in [2.05, 4.69) is 5.73 Å². The molecule has 0 bridgehead atoms. The Morgan fingerprint density at radius 3 is 2.28 bits per heavy atom. The molecule has 0 saturated carbocycles. The molecule has 0 amide bonds. The Morgan fingerprint density at radius 2 is 1.83 bits per heavy atom. The van der Waals surface area contributed by atoms with Crippen LogP contribution in [0.1, 0.15) is 12.0 Å². The van der Waals surface area contributed by atoms with E-state index < -0.39 is 25.3 Å². The first-order chi connectivity index (χ1) is 8.23. The number of carbonyl (C=O) groups is 1. The number of carboxylic acid groups (broad SMARTS) is 1. The van der Waals surface area contributed by atoms with E-state index in [1.807, 2.05) is 0 Å². The van der Waals surface area contributed by atoms with Crippen LogP contribution in [-0.4, -0.2) is 17.7 Å². The molecule has 100 valence electrons. The van der Waals surface area contributed by atoms with Crippen LogP contribution < -0.4 is 20.6 Å². The van der Waals surface area contributed by atoms with Gasteiger partial charge in [0.1, 0.15) is 11.5 Å². The SMILES string of the molecule is [NH3+][C@](CCP(=O)([O-])[O-])(Cc1ccccc1)C(=O)[O-]. The van der Waals surface area contributed by atoms with E-state index >= 15 is 0 Å². The van der Waals surface area contributed by atoms with Crippen molar-refractivity contribution < 1.29 is 30.0 Å². The lowest BCUT2D eigenvalue weighted by molar-refractivity contribution is -0.487. The van der Waals surface area contributed by atoms with Crippen LogP contribution >= 0.6 is 7.60 Å². The summed E-state index contributed by atoms with van der Waals surface area (Å²) < 4.78 is 10.6. The Labute approximate surface area is 105 Å². The van der Waals surface area contributed by atoms with Crippen molar-refractivity contribution in [3.8, 4) is 0 Å². The van der Waals surface area contributed by atoms with Gasteiger partial charge in [0, 0.05) is 12.8 Å². The number of carbonyl (C=O) groups excluding carboxylic acids is 1. The second kappa shape index (κ2) is 5.63. The number of hydrogen-bond acceptors (Lipinski definition) is 5. The zero-order valence-electron chi connectivity index (χ0n) is 9.70. The van der Waals surface area contributed by atoms with Crippen molar-refractivity contribution in [1.82, 2.24) is 0 Å². The van der Waals surface area contributed by atoms with Gasteiger partial charge in [-0.3, -0.25) is 0 Å². The average molecular weight is 271 g/mol. The Morgan fingerprint density at radius 1 is 1.28 bits per heavy atom. The van der Waals surface area contributed by atoms with E-state index in [-0.39, 0.29) is 12.8 Å². The van der Waals surface area contributed by atoms with E-state index in [1.54, 1.807) is 30.3 Å². The van der Waals surface area contributed by atoms with Crippen LogP contribution in [0.25, 0.3) is 0 Å². The van der Waals surface area contributed by atoms with Crippen molar-refractivity contribution in [1.29, 1.82) is 0 Å². The number of quaternary nitrogens is 1. The highest BCUT2D eigenvalue weighted by molar-refractivity contribution is 7.48. The van der Waals surface area contributed by atoms with Gasteiger partial charge in [-0.1, -0.05) is 37.9 Å². The number of benzene rings is 1. The van der Waals surface area contributed by atoms with Crippen molar-refractivity contribution in [2.24, 2.45) is 0 Å². The molecule has 7 heteroatoms. The van der Waals surface area contributed by atoms with E-state index in [4.69, 9.17) is 0 Å². The van der Waals surface area contributed by atoms with Crippen molar-refractivity contribution in [3.63, 3.8) is 0 Å². The molecule has 0 aliphatic heterocycles. The fraction of sp³-hybridized carbons (Fsp3) is 0.364. The zero-order valence-corrected chi connectivity index (χ0v) is 10.6. The van der Waals surface area contributed by atoms with Gasteiger partial charge in [-0.2, -0.15) is 0 Å². The maximum atomic E-state index is 11.1. The second-order valence-electron chi connectivity index (χ2n) is 4.31. The number of aliphatic carboxylic acids is 1. The Hall–Kier alpha value is -1.20. The van der Waals surface area contributed by atoms with Gasteiger partial charge in [-0.15, -0.1) is 0 Å². The van der Waals surface area contributed by atoms with Crippen molar-refractivity contribution in [3.05, 3.63) is 35.9 Å². The summed E-state index contributed by atoms with van der Waals surface area (Å²) in [6.07, 6.45) is -1.07. The standard InChI is InChI=1S/C11H16NO5P/c12-11(10(13)14,6-7-18(15,16)17)8-9-4-2-1-3-5-9/h1-5H,6-8,12H2,(H,13,14)(H2,15,16,17)/p-2/t11-/m1/s1. The molecule has 18 heavy (non-hydrogen) atoms. The van der Waals surface area contributed by atoms with Gasteiger partial charge < -0.3 is 30.0 Å². The lowest BCUT2D eigenvalue weighted by Crippen LogP contribution is -2.80. The van der Waals surface area contributed by atoms with Gasteiger partial charge in [0.15, 0.2) is 0 Å². The third kappa shape index (κ3) is 4.58. The van der Waals surface area contributed by atoms with E-state index in [9.17, 15) is 24.3 Å². The first kappa shape index (κ1) is 14.9. The molecule has 0 aliphatic rings. The summed E-state index contributed by atoms with van der Waals surface area (Å²) in [6, 6.07) is 8.65. The summed E-state index contributed by atoms with van der Waals surface area (Å²) in [4.78, 5) is 32.2. The number of rotatable bonds is 6. The zero-order chi connectivity index (χ0) is 13.8. The molecule has 0 saturated heterocycles. The molecule has 3 N–H and O–H groups in total. The summed E-state index contributed by atoms with van der Waals surface area (Å²) in [5.41, 5.74) is 2.60. The van der Waals surface area contributed by atoms with Crippen LogP contribution in [0.2, 0.25) is 0 Å². The van der Waals surface area contributed by atoms with Gasteiger partial charge in [-0.25, -0.2) is 0 Å². The van der Waals surface area contributed by atoms with Crippen LogP contribution in [0.4, 0.5) is 0 Å². The second-order valence-corrected chi connectivity index (χ2v) is 5.98. The highest BCUT2D eigenvalue weighted by Crippen LogP contribution is 2.27. The van der Waals surface area contributed by atoms with Crippen LogP contribution in [0.5, 0.6) is 0 Å². The third-order valence-electron chi connectivity index (χ3n) is 2.68. The molecule has 1 aromatic carbocycles. The van der Waals surface area contributed by atoms with Gasteiger partial charge >= 0.3 is 0 Å². The normalized spacial score (nSPS) is 15.1. The van der Waals surface area contributed by atoms with Gasteiger partial charge in [0.25, 0.3) is 0 Å². The fourth-order valence-corrected chi connectivity index (χ4v) is 2.30. The number of hydrogen-bond donors (Lipinski definition) is 1. The third-order valence-corrected chi connectivity index (χ3v) is 3.45. The molecule has 0 aliphatic carbocycles. The Bertz CT molecular complexity index is 458. The fourth-order valence-electron chi connectivity index (χ4n) is 1.60. The molecular weight excluding hydrogens is 257 g/mol. The quantitative estimate of drug-likeness (QED) is 0.561. The Kier molecular flexibility index (Phi) is 4.65. The molecule has 0 aromatic heterocycles. The molecule has 0 radical (unpaired) electrons. The van der Waals surface area contributed by atoms with E-state index in [0.717, 1.165) is 0 Å². The summed E-state index contributed by atoms with van der Waals surface area (Å²) in [7, 11) is -4.74. The maximum Gasteiger partial charge on any atom is 0.139 e. The first-order valence-electron chi connectivity index (χ1n) is 5.35. The van der Waals surface area contributed by atoms with Crippen molar-refractivity contribution >= 4 is 13.6 Å². The summed E-state index contributed by atoms with van der Waals surface area (Å²) in [5, 5.41) is 11.1. The van der Waals surface area contributed by atoms with E-state index in [1.165, 1.54) is 0 Å². The van der Waals surface area contributed by atoms with Crippen LogP contribution in [0, 0.1) is 0 Å². The van der Waals surface area contributed by atoms with Gasteiger partial charge in [-0.05, 0) is 11.7 Å². The molecule has 1 atom stereocenters. The molecule has 0 fully saturated rings. The van der Waals surface area contributed by atoms with Crippen LogP contribution in [0.3, 0.4) is 0 Å². The lowest BCUT2D eigenvalue weighted by atomic mass is 9.89. The largest absolute Gasteiger partial charge is 0.811 e. The van der Waals surface area contributed by atoms with Crippen molar-refractivity contribution in [2.75, 3.05) is 6.16 Å². The topological polar surface area (TPSA) is 131 Å². The monoisotopic (exact) mass is 271 g/mol. The molecule has 0 unspecified atom stereocenters. The maximum absolute atomic E-state index is 11.1. The van der Waals surface area contributed by atoms with Crippen LogP contribution in [-0.2, 0) is 15.8 Å². The predicted molar refractivity (Wildman–Crippen MR) is 57.9 cm³/mol. The molecule has 0 spiro atoms. The first-order valence-corrected chi connectivity index (χ1v) is 7.07. The smallest absolute Gasteiger partial charge is 0.139 e. The van der Waals surface area contributed by atoms with Crippen molar-refractivity contribution in [2.45, 2.75) is 18.4 Å². The molecule has 6 nitrogen and oxygen atoms in total. The minimum absolute atomic E-state index is 0.0240. The Balaban J connectivity index is 2.81. The van der Waals surface area contributed by atoms with E-state index in [0.29, 0.717) is 5.56 Å². The summed E-state index contributed by atoms with van der Waals surface area (Å²) >= 11 is 0. The highest BCUT2D eigenvalue weighted by atomic mass is 31.2. The minimum atomic E-state index is -4.74. The molecular formula is C11H14NO5P-2.